The quantitative estimate of drug-likeness (QED) is 0.863. The number of nitrogens with two attached hydrogens (primary N) is 1. The van der Waals surface area contributed by atoms with Crippen LogP contribution in [-0.4, -0.2) is 38.0 Å². The topological polar surface area (TPSA) is 72.6 Å². The number of ether oxygens (including phenoxy) is 1. The van der Waals surface area contributed by atoms with E-state index in [0.717, 1.165) is 18.4 Å². The molecule has 1 heterocycles. The van der Waals surface area contributed by atoms with Gasteiger partial charge in [-0.3, -0.25) is 0 Å². The second-order valence-corrected chi connectivity index (χ2v) is 7.39. The zero-order chi connectivity index (χ0) is 15.6. The third kappa shape index (κ3) is 3.22. The summed E-state index contributed by atoms with van der Waals surface area (Å²) < 4.78 is 32.9. The maximum absolute atomic E-state index is 12.9. The maximum atomic E-state index is 12.9. The molecule has 6 heteroatoms. The largest absolute Gasteiger partial charge is 0.398 e. The summed E-state index contributed by atoms with van der Waals surface area (Å²) in [7, 11) is -3.53. The first-order valence-electron chi connectivity index (χ1n) is 7.42. The second-order valence-electron chi connectivity index (χ2n) is 5.49. The fourth-order valence-corrected chi connectivity index (χ4v) is 4.42. The minimum atomic E-state index is -3.53. The van der Waals surface area contributed by atoms with Gasteiger partial charge in [0.1, 0.15) is 0 Å². The fourth-order valence-electron chi connectivity index (χ4n) is 2.62. The molecular weight excluding hydrogens is 288 g/mol. The molecule has 1 aromatic carbocycles. The first-order valence-corrected chi connectivity index (χ1v) is 8.86. The molecule has 1 saturated heterocycles. The van der Waals surface area contributed by atoms with E-state index in [9.17, 15) is 8.42 Å². The van der Waals surface area contributed by atoms with Crippen molar-refractivity contribution < 1.29 is 13.2 Å². The van der Waals surface area contributed by atoms with Crippen LogP contribution in [0, 0.1) is 0 Å². The van der Waals surface area contributed by atoms with Gasteiger partial charge >= 0.3 is 0 Å². The number of aryl methyl sites for hydroxylation is 1. The van der Waals surface area contributed by atoms with E-state index < -0.39 is 10.0 Å². The van der Waals surface area contributed by atoms with E-state index in [-0.39, 0.29) is 17.0 Å². The number of anilines is 1. The average molecular weight is 312 g/mol. The molecule has 118 valence electrons. The van der Waals surface area contributed by atoms with Crippen LogP contribution in [0.3, 0.4) is 0 Å². The van der Waals surface area contributed by atoms with Crippen molar-refractivity contribution >= 4 is 15.7 Å². The van der Waals surface area contributed by atoms with Gasteiger partial charge in [-0.25, -0.2) is 8.42 Å². The Morgan fingerprint density at radius 2 is 2.10 bits per heavy atom. The highest BCUT2D eigenvalue weighted by molar-refractivity contribution is 7.89. The number of benzene rings is 1. The molecule has 2 rings (SSSR count). The van der Waals surface area contributed by atoms with Crippen molar-refractivity contribution in [3.8, 4) is 0 Å². The number of nitrogen functional groups attached to an aromatic ring is 1. The molecule has 2 N–H and O–H groups in total. The predicted octanol–water partition coefficient (Wildman–Crippen LogP) is 2.02. The highest BCUT2D eigenvalue weighted by Gasteiger charge is 2.35. The lowest BCUT2D eigenvalue weighted by atomic mass is 10.1. The molecule has 5 nitrogen and oxygen atoms in total. The Balaban J connectivity index is 2.38. The van der Waals surface area contributed by atoms with Crippen LogP contribution in [-0.2, 0) is 21.2 Å². The summed E-state index contributed by atoms with van der Waals surface area (Å²) in [5, 5.41) is 0. The Bertz CT molecular complexity index is 601. The molecule has 1 fully saturated rings. The van der Waals surface area contributed by atoms with Gasteiger partial charge in [0, 0.05) is 18.3 Å². The minimum absolute atomic E-state index is 0.0881. The first kappa shape index (κ1) is 16.3. The van der Waals surface area contributed by atoms with Gasteiger partial charge in [0.25, 0.3) is 0 Å². The molecule has 1 aliphatic heterocycles. The van der Waals surface area contributed by atoms with Gasteiger partial charge in [0.2, 0.25) is 10.0 Å². The normalized spacial score (nSPS) is 24.1. The Morgan fingerprint density at radius 3 is 2.67 bits per heavy atom. The summed E-state index contributed by atoms with van der Waals surface area (Å²) in [5.74, 6) is 0. The van der Waals surface area contributed by atoms with Crippen LogP contribution in [0.25, 0.3) is 0 Å². The summed E-state index contributed by atoms with van der Waals surface area (Å²) in [6.45, 7) is 6.69. The standard InChI is InChI=1S/C15H24N2O3S/c1-4-12-6-7-14(8-15(12)16)21(18,19)17-9-11(3)20-10-13(17)5-2/h6-8,11,13H,4-5,9-10,16H2,1-3H3. The van der Waals surface area contributed by atoms with Crippen molar-refractivity contribution in [1.82, 2.24) is 4.31 Å². The summed E-state index contributed by atoms with van der Waals surface area (Å²) >= 11 is 0. The fraction of sp³-hybridized carbons (Fsp3) is 0.600. The first-order chi connectivity index (χ1) is 9.90. The summed E-state index contributed by atoms with van der Waals surface area (Å²) in [6, 6.07) is 4.91. The van der Waals surface area contributed by atoms with E-state index in [0.29, 0.717) is 18.8 Å². The van der Waals surface area contributed by atoms with Crippen LogP contribution < -0.4 is 5.73 Å². The molecular formula is C15H24N2O3S. The van der Waals surface area contributed by atoms with Crippen LogP contribution in [0.4, 0.5) is 5.69 Å². The van der Waals surface area contributed by atoms with E-state index in [1.807, 2.05) is 20.8 Å². The second kappa shape index (κ2) is 6.34. The summed E-state index contributed by atoms with van der Waals surface area (Å²) in [6.07, 6.45) is 1.43. The molecule has 0 aliphatic carbocycles. The minimum Gasteiger partial charge on any atom is -0.398 e. The van der Waals surface area contributed by atoms with E-state index in [1.54, 1.807) is 22.5 Å². The number of nitrogens with zero attached hydrogens (tertiary/aromatic N) is 1. The lowest BCUT2D eigenvalue weighted by Crippen LogP contribution is -2.51. The van der Waals surface area contributed by atoms with E-state index in [4.69, 9.17) is 10.5 Å². The zero-order valence-electron chi connectivity index (χ0n) is 12.9. The van der Waals surface area contributed by atoms with Crippen LogP contribution in [0.1, 0.15) is 32.8 Å². The molecule has 0 amide bonds. The number of morpholine rings is 1. The van der Waals surface area contributed by atoms with Crippen molar-refractivity contribution in [3.63, 3.8) is 0 Å². The lowest BCUT2D eigenvalue weighted by Gasteiger charge is -2.37. The van der Waals surface area contributed by atoms with E-state index in [1.165, 1.54) is 0 Å². The van der Waals surface area contributed by atoms with Gasteiger partial charge in [-0.15, -0.1) is 0 Å². The van der Waals surface area contributed by atoms with E-state index in [2.05, 4.69) is 0 Å². The molecule has 2 atom stereocenters. The number of hydrogen-bond donors (Lipinski definition) is 1. The van der Waals surface area contributed by atoms with Crippen molar-refractivity contribution in [3.05, 3.63) is 23.8 Å². The SMILES string of the molecule is CCc1ccc(S(=O)(=O)N2CC(C)OCC2CC)cc1N. The Morgan fingerprint density at radius 1 is 1.38 bits per heavy atom. The third-order valence-electron chi connectivity index (χ3n) is 3.99. The molecule has 2 unspecified atom stereocenters. The maximum Gasteiger partial charge on any atom is 0.243 e. The van der Waals surface area contributed by atoms with Crippen LogP contribution in [0.5, 0.6) is 0 Å². The van der Waals surface area contributed by atoms with Gasteiger partial charge < -0.3 is 10.5 Å². The number of hydrogen-bond acceptors (Lipinski definition) is 4. The summed E-state index contributed by atoms with van der Waals surface area (Å²) in [4.78, 5) is 0.268. The van der Waals surface area contributed by atoms with Crippen molar-refractivity contribution in [2.24, 2.45) is 0 Å². The number of rotatable bonds is 4. The van der Waals surface area contributed by atoms with Crippen molar-refractivity contribution in [2.75, 3.05) is 18.9 Å². The molecule has 0 radical (unpaired) electrons. The Kier molecular flexibility index (Phi) is 4.91. The smallest absolute Gasteiger partial charge is 0.243 e. The lowest BCUT2D eigenvalue weighted by molar-refractivity contribution is -0.0230. The highest BCUT2D eigenvalue weighted by atomic mass is 32.2. The average Bonchev–Trinajstić information content (AvgIpc) is 2.47. The third-order valence-corrected chi connectivity index (χ3v) is 5.91. The molecule has 0 saturated carbocycles. The van der Waals surface area contributed by atoms with Crippen LogP contribution in [0.2, 0.25) is 0 Å². The van der Waals surface area contributed by atoms with Gasteiger partial charge in [-0.2, -0.15) is 4.31 Å². The molecule has 0 aromatic heterocycles. The molecule has 1 aromatic rings. The van der Waals surface area contributed by atoms with Crippen LogP contribution in [0.15, 0.2) is 23.1 Å². The van der Waals surface area contributed by atoms with E-state index >= 15 is 0 Å². The zero-order valence-corrected chi connectivity index (χ0v) is 13.7. The monoisotopic (exact) mass is 312 g/mol. The summed E-state index contributed by atoms with van der Waals surface area (Å²) in [5.41, 5.74) is 7.45. The van der Waals surface area contributed by atoms with Gasteiger partial charge in [-0.05, 0) is 37.5 Å². The van der Waals surface area contributed by atoms with Crippen molar-refractivity contribution in [1.29, 1.82) is 0 Å². The molecule has 0 bridgehead atoms. The van der Waals surface area contributed by atoms with Gasteiger partial charge in [0.15, 0.2) is 0 Å². The van der Waals surface area contributed by atoms with Crippen molar-refractivity contribution in [2.45, 2.75) is 50.7 Å². The molecule has 0 spiro atoms. The van der Waals surface area contributed by atoms with Crippen LogP contribution >= 0.6 is 0 Å². The van der Waals surface area contributed by atoms with Gasteiger partial charge in [-0.1, -0.05) is 19.9 Å². The molecule has 1 aliphatic rings. The molecule has 21 heavy (non-hydrogen) atoms. The Hall–Kier alpha value is -1.11. The van der Waals surface area contributed by atoms with Gasteiger partial charge in [0.05, 0.1) is 17.6 Å². The number of sulfonamides is 1. The Labute approximate surface area is 127 Å². The highest BCUT2D eigenvalue weighted by Crippen LogP contribution is 2.26. The predicted molar refractivity (Wildman–Crippen MR) is 83.6 cm³/mol.